The molecule has 0 radical (unpaired) electrons. The van der Waals surface area contributed by atoms with Gasteiger partial charge in [0.1, 0.15) is 6.54 Å². The smallest absolute Gasteiger partial charge is 0.341 e. The summed E-state index contributed by atoms with van der Waals surface area (Å²) < 4.78 is 41.1. The average Bonchev–Trinajstić information content (AvgIpc) is 3.15. The highest BCUT2D eigenvalue weighted by Gasteiger charge is 2.33. The van der Waals surface area contributed by atoms with Crippen LogP contribution in [0.5, 0.6) is 0 Å². The van der Waals surface area contributed by atoms with Gasteiger partial charge in [-0.25, -0.2) is 0 Å². The normalized spacial score (nSPS) is 17.7. The van der Waals surface area contributed by atoms with E-state index >= 15 is 0 Å². The number of benzene rings is 2. The third kappa shape index (κ3) is 4.20. The number of carbonyl (C=O) groups is 2. The number of amides is 2. The van der Waals surface area contributed by atoms with Crippen LogP contribution < -0.4 is 5.32 Å². The zero-order valence-corrected chi connectivity index (χ0v) is 18.5. The monoisotopic (exact) mass is 467 g/mol. The number of carbonyl (C=O) groups excluding carboxylic acids is 2. The number of hydrogen-bond donors (Lipinski definition) is 1. The fourth-order valence-electron chi connectivity index (χ4n) is 4.76. The molecule has 5 nitrogen and oxygen atoms in total. The Morgan fingerprint density at radius 1 is 1.03 bits per heavy atom. The van der Waals surface area contributed by atoms with Crippen LogP contribution in [0, 0.1) is 0 Å². The van der Waals surface area contributed by atoms with Gasteiger partial charge in [-0.1, -0.05) is 37.1 Å². The number of likely N-dealkylation sites (tertiary alicyclic amines) is 1. The maximum atomic E-state index is 13.1. The predicted octanol–water partition coefficient (Wildman–Crippen LogP) is 5.56. The average molecular weight is 467 g/mol. The van der Waals surface area contributed by atoms with E-state index in [4.69, 9.17) is 0 Å². The number of nitrogens with zero attached hydrogens (tertiary/aromatic N) is 2. The van der Waals surface area contributed by atoms with Gasteiger partial charge in [-0.05, 0) is 37.1 Å². The minimum absolute atomic E-state index is 0.0606. The SMILES string of the molecule is O=C1Nc2cc(C(F)(F)F)ccc2/C1=C\c1cn(CC(=O)N2CCCCCC2)c2ccccc12. The Labute approximate surface area is 194 Å². The molecule has 1 N–H and O–H groups in total. The molecular formula is C26H24F3N3O2. The fourth-order valence-corrected chi connectivity index (χ4v) is 4.76. The van der Waals surface area contributed by atoms with Crippen LogP contribution in [0.2, 0.25) is 0 Å². The molecule has 0 bridgehead atoms. The second-order valence-electron chi connectivity index (χ2n) is 8.79. The van der Waals surface area contributed by atoms with Gasteiger partial charge in [0.15, 0.2) is 0 Å². The lowest BCUT2D eigenvalue weighted by Crippen LogP contribution is -2.34. The number of anilines is 1. The molecule has 176 valence electrons. The summed E-state index contributed by atoms with van der Waals surface area (Å²) in [5.41, 5.74) is 1.66. The molecule has 8 heteroatoms. The molecule has 3 aromatic rings. The number of rotatable bonds is 3. The van der Waals surface area contributed by atoms with Crippen LogP contribution >= 0.6 is 0 Å². The molecule has 2 aromatic carbocycles. The number of halogens is 3. The van der Waals surface area contributed by atoms with Gasteiger partial charge in [0.2, 0.25) is 5.91 Å². The molecule has 5 rings (SSSR count). The Kier molecular flexibility index (Phi) is 5.67. The first-order valence-corrected chi connectivity index (χ1v) is 11.4. The van der Waals surface area contributed by atoms with Crippen LogP contribution in [0.3, 0.4) is 0 Å². The number of fused-ring (bicyclic) bond motifs is 2. The van der Waals surface area contributed by atoms with Gasteiger partial charge in [-0.3, -0.25) is 9.59 Å². The molecule has 3 heterocycles. The van der Waals surface area contributed by atoms with Gasteiger partial charge >= 0.3 is 6.18 Å². The lowest BCUT2D eigenvalue weighted by molar-refractivity contribution is -0.137. The van der Waals surface area contributed by atoms with Crippen molar-refractivity contribution in [2.75, 3.05) is 18.4 Å². The molecule has 2 amide bonds. The molecule has 0 aliphatic carbocycles. The Morgan fingerprint density at radius 2 is 1.76 bits per heavy atom. The van der Waals surface area contributed by atoms with Crippen LogP contribution in [0.4, 0.5) is 18.9 Å². The van der Waals surface area contributed by atoms with E-state index in [0.29, 0.717) is 11.1 Å². The zero-order valence-electron chi connectivity index (χ0n) is 18.5. The van der Waals surface area contributed by atoms with Crippen molar-refractivity contribution in [2.24, 2.45) is 0 Å². The van der Waals surface area contributed by atoms with Gasteiger partial charge in [-0.2, -0.15) is 13.2 Å². The highest BCUT2D eigenvalue weighted by atomic mass is 19.4. The minimum atomic E-state index is -4.49. The van der Waals surface area contributed by atoms with Gasteiger partial charge < -0.3 is 14.8 Å². The number of para-hydroxylation sites is 1. The Hall–Kier alpha value is -3.55. The van der Waals surface area contributed by atoms with E-state index in [2.05, 4.69) is 5.32 Å². The second-order valence-corrected chi connectivity index (χ2v) is 8.79. The summed E-state index contributed by atoms with van der Waals surface area (Å²) >= 11 is 0. The van der Waals surface area contributed by atoms with Crippen molar-refractivity contribution >= 4 is 40.1 Å². The third-order valence-electron chi connectivity index (χ3n) is 6.51. The highest BCUT2D eigenvalue weighted by molar-refractivity contribution is 6.35. The molecule has 1 aromatic heterocycles. The van der Waals surface area contributed by atoms with Gasteiger partial charge in [0.25, 0.3) is 5.91 Å². The van der Waals surface area contributed by atoms with E-state index in [9.17, 15) is 22.8 Å². The molecule has 2 aliphatic heterocycles. The largest absolute Gasteiger partial charge is 0.416 e. The molecule has 0 spiro atoms. The number of nitrogens with one attached hydrogen (secondary N) is 1. The summed E-state index contributed by atoms with van der Waals surface area (Å²) in [5.74, 6) is -0.391. The molecule has 0 atom stereocenters. The third-order valence-corrected chi connectivity index (χ3v) is 6.51. The molecule has 1 saturated heterocycles. The molecule has 2 aliphatic rings. The van der Waals surface area contributed by atoms with Crippen molar-refractivity contribution in [2.45, 2.75) is 38.4 Å². The topological polar surface area (TPSA) is 54.3 Å². The summed E-state index contributed by atoms with van der Waals surface area (Å²) in [6.07, 6.45) is 3.34. The van der Waals surface area contributed by atoms with Gasteiger partial charge in [0.05, 0.1) is 5.56 Å². The molecule has 0 unspecified atom stereocenters. The maximum Gasteiger partial charge on any atom is 0.416 e. The van der Waals surface area contributed by atoms with Crippen molar-refractivity contribution in [1.29, 1.82) is 0 Å². The predicted molar refractivity (Wildman–Crippen MR) is 125 cm³/mol. The maximum absolute atomic E-state index is 13.1. The van der Waals surface area contributed by atoms with Gasteiger partial charge in [0, 0.05) is 52.6 Å². The van der Waals surface area contributed by atoms with Crippen molar-refractivity contribution in [3.05, 3.63) is 65.4 Å². The lowest BCUT2D eigenvalue weighted by atomic mass is 10.0. The Morgan fingerprint density at radius 3 is 2.50 bits per heavy atom. The highest BCUT2D eigenvalue weighted by Crippen LogP contribution is 2.39. The summed E-state index contributed by atoms with van der Waals surface area (Å²) in [7, 11) is 0. The summed E-state index contributed by atoms with van der Waals surface area (Å²) in [4.78, 5) is 27.5. The second kappa shape index (κ2) is 8.66. The van der Waals surface area contributed by atoms with E-state index in [1.54, 1.807) is 6.08 Å². The molecule has 34 heavy (non-hydrogen) atoms. The molecule has 0 saturated carbocycles. The fraction of sp³-hybridized carbons (Fsp3) is 0.308. The van der Waals surface area contributed by atoms with Crippen molar-refractivity contribution in [1.82, 2.24) is 9.47 Å². The van der Waals surface area contributed by atoms with Gasteiger partial charge in [-0.15, -0.1) is 0 Å². The van der Waals surface area contributed by atoms with E-state index < -0.39 is 17.6 Å². The summed E-state index contributed by atoms with van der Waals surface area (Å²) in [5, 5.41) is 3.41. The summed E-state index contributed by atoms with van der Waals surface area (Å²) in [6, 6.07) is 10.9. The van der Waals surface area contributed by atoms with Crippen LogP contribution in [0.1, 0.15) is 42.4 Å². The van der Waals surface area contributed by atoms with E-state index in [-0.39, 0.29) is 18.1 Å². The zero-order chi connectivity index (χ0) is 23.9. The minimum Gasteiger partial charge on any atom is -0.341 e. The van der Waals surface area contributed by atoms with Crippen LogP contribution in [0.25, 0.3) is 22.6 Å². The quantitative estimate of drug-likeness (QED) is 0.513. The Balaban J connectivity index is 1.50. The number of hydrogen-bond acceptors (Lipinski definition) is 2. The van der Waals surface area contributed by atoms with Crippen LogP contribution in [-0.4, -0.2) is 34.4 Å². The van der Waals surface area contributed by atoms with E-state index in [1.165, 1.54) is 6.07 Å². The number of aromatic nitrogens is 1. The first-order chi connectivity index (χ1) is 16.3. The standard InChI is InChI=1S/C26H24F3N3O2/c27-26(28,29)18-9-10-20-21(25(34)30-22(20)14-18)13-17-15-32(23-8-4-3-7-19(17)23)16-24(33)31-11-5-1-2-6-12-31/h3-4,7-10,13-15H,1-2,5-6,11-12,16H2,(H,30,34)/b21-13+. The lowest BCUT2D eigenvalue weighted by Gasteiger charge is -2.20. The summed E-state index contributed by atoms with van der Waals surface area (Å²) in [6.45, 7) is 1.74. The molecule has 1 fully saturated rings. The first-order valence-electron chi connectivity index (χ1n) is 11.4. The van der Waals surface area contributed by atoms with Crippen LogP contribution in [-0.2, 0) is 22.3 Å². The van der Waals surface area contributed by atoms with E-state index in [1.807, 2.05) is 39.9 Å². The molecular weight excluding hydrogens is 443 g/mol. The van der Waals surface area contributed by atoms with E-state index in [0.717, 1.165) is 67.4 Å². The van der Waals surface area contributed by atoms with Crippen LogP contribution in [0.15, 0.2) is 48.7 Å². The number of alkyl halides is 3. The Bertz CT molecular complexity index is 1300. The van der Waals surface area contributed by atoms with Crippen molar-refractivity contribution in [3.63, 3.8) is 0 Å². The first kappa shape index (κ1) is 22.3. The van der Waals surface area contributed by atoms with Crippen molar-refractivity contribution < 1.29 is 22.8 Å². The van der Waals surface area contributed by atoms with Crippen molar-refractivity contribution in [3.8, 4) is 0 Å².